The minimum Gasteiger partial charge on any atom is -0.324 e. The average Bonchev–Trinajstić information content (AvgIpc) is 2.22. The lowest BCUT2D eigenvalue weighted by Crippen LogP contribution is -2.19. The lowest BCUT2D eigenvalue weighted by Gasteiger charge is -2.21. The van der Waals surface area contributed by atoms with Gasteiger partial charge in [0.25, 0.3) is 0 Å². The van der Waals surface area contributed by atoms with Gasteiger partial charge >= 0.3 is 0 Å². The topological polar surface area (TPSA) is 26.0 Å². The summed E-state index contributed by atoms with van der Waals surface area (Å²) in [6.07, 6.45) is 0.973. The maximum atomic E-state index is 6.10. The number of hydrogen-bond acceptors (Lipinski definition) is 1. The van der Waals surface area contributed by atoms with Crippen molar-refractivity contribution in [1.82, 2.24) is 0 Å². The second-order valence-corrected chi connectivity index (χ2v) is 4.86. The Balaban J connectivity index is 0.00000225. The van der Waals surface area contributed by atoms with E-state index in [4.69, 9.17) is 40.5 Å². The number of halogens is 4. The van der Waals surface area contributed by atoms with E-state index in [1.54, 1.807) is 12.1 Å². The molecule has 0 fully saturated rings. The second-order valence-electron chi connectivity index (χ2n) is 3.67. The van der Waals surface area contributed by atoms with Crippen molar-refractivity contribution in [3.63, 3.8) is 0 Å². The smallest absolute Gasteiger partial charge is 0.0655 e. The normalized spacial score (nSPS) is 14.1. The maximum Gasteiger partial charge on any atom is 0.0655 e. The third-order valence-electron chi connectivity index (χ3n) is 2.67. The van der Waals surface area contributed by atoms with E-state index in [1.807, 2.05) is 0 Å². The summed E-state index contributed by atoms with van der Waals surface area (Å²) < 4.78 is 0. The van der Waals surface area contributed by atoms with Crippen molar-refractivity contribution >= 4 is 47.2 Å². The zero-order valence-corrected chi connectivity index (χ0v) is 12.2. The molecule has 0 bridgehead atoms. The minimum absolute atomic E-state index is 0. The first-order valence-corrected chi connectivity index (χ1v) is 6.01. The number of benzene rings is 1. The van der Waals surface area contributed by atoms with Crippen molar-refractivity contribution in [3.05, 3.63) is 32.8 Å². The second kappa shape index (κ2) is 6.93. The molecular formula is C11H15Cl4N. The minimum atomic E-state index is -0.173. The van der Waals surface area contributed by atoms with Crippen LogP contribution in [0, 0.1) is 5.92 Å². The van der Waals surface area contributed by atoms with Crippen LogP contribution in [-0.4, -0.2) is 0 Å². The van der Waals surface area contributed by atoms with E-state index in [9.17, 15) is 0 Å². The van der Waals surface area contributed by atoms with Crippen LogP contribution in [0.3, 0.4) is 0 Å². The van der Waals surface area contributed by atoms with Gasteiger partial charge in [0, 0.05) is 16.6 Å². The summed E-state index contributed by atoms with van der Waals surface area (Å²) in [6.45, 7) is 4.15. The summed E-state index contributed by atoms with van der Waals surface area (Å²) in [7, 11) is 0. The summed E-state index contributed by atoms with van der Waals surface area (Å²) in [5.74, 6) is 0.318. The summed E-state index contributed by atoms with van der Waals surface area (Å²) in [5, 5.41) is 1.55. The number of rotatable bonds is 3. The Morgan fingerprint density at radius 3 is 2.19 bits per heavy atom. The molecule has 1 unspecified atom stereocenters. The monoisotopic (exact) mass is 301 g/mol. The van der Waals surface area contributed by atoms with Gasteiger partial charge in [0.1, 0.15) is 0 Å². The Morgan fingerprint density at radius 1 is 1.19 bits per heavy atom. The molecule has 0 heterocycles. The molecule has 0 saturated heterocycles. The fraction of sp³-hybridized carbons (Fsp3) is 0.455. The Morgan fingerprint density at radius 2 is 1.69 bits per heavy atom. The first kappa shape index (κ1) is 16.3. The van der Waals surface area contributed by atoms with Crippen LogP contribution in [0.15, 0.2) is 12.1 Å². The zero-order chi connectivity index (χ0) is 11.6. The molecular weight excluding hydrogens is 288 g/mol. The SMILES string of the molecule is CCC(C)[C@@H](N)c1c(Cl)ccc(Cl)c1Cl.Cl. The van der Waals surface area contributed by atoms with Crippen LogP contribution in [0.5, 0.6) is 0 Å². The summed E-state index contributed by atoms with van der Waals surface area (Å²) in [5.41, 5.74) is 6.84. The third kappa shape index (κ3) is 3.41. The van der Waals surface area contributed by atoms with Crippen molar-refractivity contribution in [2.24, 2.45) is 11.7 Å². The standard InChI is InChI=1S/C11H14Cl3N.ClH/c1-3-6(2)11(15)9-7(12)4-5-8(13)10(9)14;/h4-6,11H,3,15H2,1-2H3;1H/t6?,11-;/m1./s1. The van der Waals surface area contributed by atoms with Crippen molar-refractivity contribution in [2.45, 2.75) is 26.3 Å². The Kier molecular flexibility index (Phi) is 7.07. The van der Waals surface area contributed by atoms with E-state index >= 15 is 0 Å². The average molecular weight is 303 g/mol. The van der Waals surface area contributed by atoms with Crippen molar-refractivity contribution in [3.8, 4) is 0 Å². The van der Waals surface area contributed by atoms with Crippen molar-refractivity contribution in [2.75, 3.05) is 0 Å². The van der Waals surface area contributed by atoms with Gasteiger partial charge in [-0.3, -0.25) is 0 Å². The van der Waals surface area contributed by atoms with Crippen molar-refractivity contribution < 1.29 is 0 Å². The molecule has 92 valence electrons. The molecule has 0 spiro atoms. The predicted molar refractivity (Wildman–Crippen MR) is 75.1 cm³/mol. The summed E-state index contributed by atoms with van der Waals surface area (Å²) >= 11 is 18.1. The first-order chi connectivity index (χ1) is 6.99. The fourth-order valence-corrected chi connectivity index (χ4v) is 2.17. The molecule has 16 heavy (non-hydrogen) atoms. The van der Waals surface area contributed by atoms with Gasteiger partial charge in [-0.1, -0.05) is 55.1 Å². The lowest BCUT2D eigenvalue weighted by atomic mass is 9.93. The maximum absolute atomic E-state index is 6.10. The van der Waals surface area contributed by atoms with Gasteiger partial charge in [0.2, 0.25) is 0 Å². The van der Waals surface area contributed by atoms with Crippen LogP contribution in [0.4, 0.5) is 0 Å². The van der Waals surface area contributed by atoms with E-state index in [2.05, 4.69) is 13.8 Å². The molecule has 2 atom stereocenters. The molecule has 2 N–H and O–H groups in total. The Labute approximate surface area is 118 Å². The lowest BCUT2D eigenvalue weighted by molar-refractivity contribution is 0.457. The van der Waals surface area contributed by atoms with Gasteiger partial charge in [-0.25, -0.2) is 0 Å². The molecule has 0 aliphatic carbocycles. The zero-order valence-electron chi connectivity index (χ0n) is 9.14. The number of nitrogens with two attached hydrogens (primary N) is 1. The largest absolute Gasteiger partial charge is 0.324 e. The van der Waals surface area contributed by atoms with E-state index in [0.29, 0.717) is 21.0 Å². The predicted octanol–water partition coefficient (Wildman–Crippen LogP) is 5.11. The molecule has 0 aromatic heterocycles. The molecule has 0 amide bonds. The van der Waals surface area contributed by atoms with Crippen molar-refractivity contribution in [1.29, 1.82) is 0 Å². The van der Waals surface area contributed by atoms with Gasteiger partial charge < -0.3 is 5.73 Å². The van der Waals surface area contributed by atoms with Gasteiger partial charge in [-0.05, 0) is 18.1 Å². The molecule has 1 nitrogen and oxygen atoms in total. The number of hydrogen-bond donors (Lipinski definition) is 1. The molecule has 1 aromatic rings. The van der Waals surface area contributed by atoms with Crippen LogP contribution >= 0.6 is 47.2 Å². The fourth-order valence-electron chi connectivity index (χ4n) is 1.39. The van der Waals surface area contributed by atoms with Gasteiger partial charge in [0.05, 0.1) is 10.0 Å². The van der Waals surface area contributed by atoms with E-state index in [0.717, 1.165) is 12.0 Å². The first-order valence-electron chi connectivity index (χ1n) is 4.88. The van der Waals surface area contributed by atoms with E-state index in [1.165, 1.54) is 0 Å². The van der Waals surface area contributed by atoms with Crippen LogP contribution in [-0.2, 0) is 0 Å². The Bertz CT molecular complexity index is 354. The molecule has 1 rings (SSSR count). The highest BCUT2D eigenvalue weighted by atomic mass is 35.5. The van der Waals surface area contributed by atoms with E-state index < -0.39 is 0 Å². The third-order valence-corrected chi connectivity index (χ3v) is 3.82. The molecule has 0 radical (unpaired) electrons. The molecule has 5 heteroatoms. The quantitative estimate of drug-likeness (QED) is 0.771. The van der Waals surface area contributed by atoms with Crippen LogP contribution in [0.1, 0.15) is 31.9 Å². The van der Waals surface area contributed by atoms with Crippen LogP contribution in [0.2, 0.25) is 15.1 Å². The Hall–Kier alpha value is 0.340. The molecule has 0 aliphatic rings. The van der Waals surface area contributed by atoms with E-state index in [-0.39, 0.29) is 18.4 Å². The van der Waals surface area contributed by atoms with Crippen LogP contribution in [0.25, 0.3) is 0 Å². The van der Waals surface area contributed by atoms with Gasteiger partial charge in [-0.15, -0.1) is 12.4 Å². The van der Waals surface area contributed by atoms with Gasteiger partial charge in [0.15, 0.2) is 0 Å². The molecule has 0 saturated carbocycles. The highest BCUT2D eigenvalue weighted by Gasteiger charge is 2.20. The molecule has 0 aliphatic heterocycles. The van der Waals surface area contributed by atoms with Crippen LogP contribution < -0.4 is 5.73 Å². The molecule has 1 aromatic carbocycles. The van der Waals surface area contributed by atoms with Gasteiger partial charge in [-0.2, -0.15) is 0 Å². The highest BCUT2D eigenvalue weighted by Crippen LogP contribution is 2.37. The highest BCUT2D eigenvalue weighted by molar-refractivity contribution is 6.44. The summed E-state index contributed by atoms with van der Waals surface area (Å²) in [6, 6.07) is 3.24. The summed E-state index contributed by atoms with van der Waals surface area (Å²) in [4.78, 5) is 0.